The second kappa shape index (κ2) is 8.31. The second-order valence-corrected chi connectivity index (χ2v) is 4.08. The van der Waals surface area contributed by atoms with Gasteiger partial charge in [0.15, 0.2) is 0 Å². The first-order valence-corrected chi connectivity index (χ1v) is 5.74. The molecule has 1 aromatic rings. The van der Waals surface area contributed by atoms with E-state index in [9.17, 15) is 14.7 Å². The fourth-order valence-electron chi connectivity index (χ4n) is 1.22. The molecule has 0 aliphatic rings. The van der Waals surface area contributed by atoms with E-state index < -0.39 is 18.0 Å². The van der Waals surface area contributed by atoms with Gasteiger partial charge in [0.2, 0.25) is 0 Å². The SMILES string of the molecule is COC(=O)C=C(C)NC(C(=O)[O-])c1ccsc1.[Na+]. The number of ether oxygens (including phenoxy) is 1. The van der Waals surface area contributed by atoms with Crippen LogP contribution in [0.1, 0.15) is 18.5 Å². The zero-order valence-electron chi connectivity index (χ0n) is 10.4. The number of carbonyl (C=O) groups excluding carboxylic acids is 2. The quantitative estimate of drug-likeness (QED) is 0.357. The van der Waals surface area contributed by atoms with Crippen LogP contribution >= 0.6 is 11.3 Å². The molecular formula is C11H12NNaO4S. The van der Waals surface area contributed by atoms with Crippen molar-refractivity contribution in [2.45, 2.75) is 13.0 Å². The van der Waals surface area contributed by atoms with Gasteiger partial charge in [-0.3, -0.25) is 0 Å². The van der Waals surface area contributed by atoms with Gasteiger partial charge in [-0.05, 0) is 29.3 Å². The van der Waals surface area contributed by atoms with Crippen molar-refractivity contribution in [1.82, 2.24) is 5.32 Å². The van der Waals surface area contributed by atoms with Gasteiger partial charge in [0, 0.05) is 11.8 Å². The largest absolute Gasteiger partial charge is 1.00 e. The van der Waals surface area contributed by atoms with Gasteiger partial charge in [0.1, 0.15) is 0 Å². The fraction of sp³-hybridized carbons (Fsp3) is 0.273. The van der Waals surface area contributed by atoms with Crippen LogP contribution in [-0.4, -0.2) is 19.0 Å². The molecule has 0 aliphatic carbocycles. The standard InChI is InChI=1S/C11H13NO4S.Na/c1-7(5-9(13)16-2)12-10(11(14)15)8-3-4-17-6-8;/h3-6,10,12H,1-2H3,(H,14,15);/q;+1/p-1. The van der Waals surface area contributed by atoms with E-state index in [0.29, 0.717) is 11.3 Å². The average molecular weight is 277 g/mol. The first-order chi connectivity index (χ1) is 8.04. The number of carboxylic acids is 1. The Bertz CT molecular complexity index is 430. The normalized spacial score (nSPS) is 12.2. The predicted molar refractivity (Wildman–Crippen MR) is 61.0 cm³/mol. The zero-order chi connectivity index (χ0) is 12.8. The number of rotatable bonds is 5. The van der Waals surface area contributed by atoms with Crippen LogP contribution in [0.3, 0.4) is 0 Å². The second-order valence-electron chi connectivity index (χ2n) is 3.30. The number of nitrogens with one attached hydrogen (secondary N) is 1. The van der Waals surface area contributed by atoms with Crippen molar-refractivity contribution in [1.29, 1.82) is 0 Å². The van der Waals surface area contributed by atoms with Crippen molar-refractivity contribution in [3.8, 4) is 0 Å². The molecule has 0 fully saturated rings. The Morgan fingerprint density at radius 1 is 1.56 bits per heavy atom. The minimum absolute atomic E-state index is 0. The molecule has 18 heavy (non-hydrogen) atoms. The van der Waals surface area contributed by atoms with Crippen LogP contribution in [0.2, 0.25) is 0 Å². The summed E-state index contributed by atoms with van der Waals surface area (Å²) >= 11 is 1.39. The third kappa shape index (κ3) is 5.22. The van der Waals surface area contributed by atoms with Gasteiger partial charge in [-0.1, -0.05) is 0 Å². The van der Waals surface area contributed by atoms with Crippen molar-refractivity contribution in [3.05, 3.63) is 34.2 Å². The summed E-state index contributed by atoms with van der Waals surface area (Å²) in [5.41, 5.74) is 0.991. The van der Waals surface area contributed by atoms with Crippen molar-refractivity contribution in [2.24, 2.45) is 0 Å². The number of esters is 1. The Hall–Kier alpha value is -0.820. The van der Waals surface area contributed by atoms with E-state index in [2.05, 4.69) is 10.1 Å². The number of aliphatic carboxylic acids is 1. The molecule has 7 heteroatoms. The molecule has 0 spiro atoms. The van der Waals surface area contributed by atoms with Crippen LogP contribution in [0.5, 0.6) is 0 Å². The van der Waals surface area contributed by atoms with Gasteiger partial charge < -0.3 is 20.0 Å². The predicted octanol–water partition coefficient (Wildman–Crippen LogP) is -2.79. The first kappa shape index (κ1) is 17.2. The van der Waals surface area contributed by atoms with E-state index in [1.807, 2.05) is 0 Å². The summed E-state index contributed by atoms with van der Waals surface area (Å²) in [5.74, 6) is -1.79. The van der Waals surface area contributed by atoms with Crippen LogP contribution < -0.4 is 40.0 Å². The molecule has 1 heterocycles. The van der Waals surface area contributed by atoms with E-state index in [4.69, 9.17) is 0 Å². The van der Waals surface area contributed by atoms with Crippen LogP contribution in [-0.2, 0) is 14.3 Å². The fourth-order valence-corrected chi connectivity index (χ4v) is 1.91. The first-order valence-electron chi connectivity index (χ1n) is 4.80. The van der Waals surface area contributed by atoms with Gasteiger partial charge in [-0.25, -0.2) is 4.79 Å². The third-order valence-corrected chi connectivity index (χ3v) is 2.72. The maximum atomic E-state index is 11.0. The summed E-state index contributed by atoms with van der Waals surface area (Å²) in [6.45, 7) is 1.58. The van der Waals surface area contributed by atoms with Crippen molar-refractivity contribution >= 4 is 23.3 Å². The molecule has 1 N–H and O–H groups in total. The molecule has 0 aliphatic heterocycles. The number of allylic oxidation sites excluding steroid dienone is 1. The number of carboxylic acid groups (broad SMARTS) is 1. The topological polar surface area (TPSA) is 78.5 Å². The molecule has 1 aromatic heterocycles. The molecule has 5 nitrogen and oxygen atoms in total. The van der Waals surface area contributed by atoms with Crippen LogP contribution in [0.25, 0.3) is 0 Å². The molecule has 0 saturated heterocycles. The Balaban J connectivity index is 0.00000289. The maximum absolute atomic E-state index is 11.0. The van der Waals surface area contributed by atoms with Crippen LogP contribution in [0, 0.1) is 0 Å². The Morgan fingerprint density at radius 2 is 2.22 bits per heavy atom. The summed E-state index contributed by atoms with van der Waals surface area (Å²) in [6, 6.07) is 0.714. The van der Waals surface area contributed by atoms with E-state index in [1.165, 1.54) is 24.5 Å². The van der Waals surface area contributed by atoms with E-state index >= 15 is 0 Å². The van der Waals surface area contributed by atoms with Gasteiger partial charge in [-0.2, -0.15) is 11.3 Å². The zero-order valence-corrected chi connectivity index (χ0v) is 13.2. The average Bonchev–Trinajstić information content (AvgIpc) is 2.78. The van der Waals surface area contributed by atoms with Crippen LogP contribution in [0.15, 0.2) is 28.6 Å². The number of thiophene rings is 1. The minimum atomic E-state index is -1.25. The maximum Gasteiger partial charge on any atom is 1.00 e. The molecule has 0 saturated carbocycles. The van der Waals surface area contributed by atoms with Crippen molar-refractivity contribution < 1.29 is 49.0 Å². The van der Waals surface area contributed by atoms with E-state index in [0.717, 1.165) is 0 Å². The molecule has 92 valence electrons. The Kier molecular flexibility index (Phi) is 7.93. The molecule has 0 aromatic carbocycles. The third-order valence-electron chi connectivity index (χ3n) is 2.02. The monoisotopic (exact) mass is 277 g/mol. The molecule has 1 unspecified atom stereocenters. The molecular weight excluding hydrogens is 265 g/mol. The summed E-state index contributed by atoms with van der Waals surface area (Å²) in [6.07, 6.45) is 1.18. The Morgan fingerprint density at radius 3 is 2.67 bits per heavy atom. The van der Waals surface area contributed by atoms with Crippen LogP contribution in [0.4, 0.5) is 0 Å². The van der Waals surface area contributed by atoms with Gasteiger partial charge >= 0.3 is 35.5 Å². The van der Waals surface area contributed by atoms with Crippen molar-refractivity contribution in [2.75, 3.05) is 7.11 Å². The number of carbonyl (C=O) groups is 2. The summed E-state index contributed by atoms with van der Waals surface area (Å²) in [5, 5.41) is 17.1. The smallest absolute Gasteiger partial charge is 0.548 e. The summed E-state index contributed by atoms with van der Waals surface area (Å²) in [7, 11) is 1.25. The molecule has 1 atom stereocenters. The number of hydrogen-bond acceptors (Lipinski definition) is 6. The number of hydrogen-bond donors (Lipinski definition) is 1. The molecule has 0 radical (unpaired) electrons. The molecule has 0 bridgehead atoms. The molecule has 1 rings (SSSR count). The summed E-state index contributed by atoms with van der Waals surface area (Å²) in [4.78, 5) is 21.9. The van der Waals surface area contributed by atoms with E-state index in [1.54, 1.807) is 23.8 Å². The van der Waals surface area contributed by atoms with Gasteiger partial charge in [0.05, 0.1) is 19.1 Å². The molecule has 0 amide bonds. The van der Waals surface area contributed by atoms with Crippen molar-refractivity contribution in [3.63, 3.8) is 0 Å². The van der Waals surface area contributed by atoms with Gasteiger partial charge in [-0.15, -0.1) is 0 Å². The minimum Gasteiger partial charge on any atom is -0.548 e. The summed E-state index contributed by atoms with van der Waals surface area (Å²) < 4.78 is 4.44. The van der Waals surface area contributed by atoms with E-state index in [-0.39, 0.29) is 29.6 Å². The van der Waals surface area contributed by atoms with Gasteiger partial charge in [0.25, 0.3) is 0 Å². The Labute approximate surface area is 131 Å². The number of methoxy groups -OCH3 is 1.